The van der Waals surface area contributed by atoms with Crippen LogP contribution in [0.4, 0.5) is 5.69 Å². The monoisotopic (exact) mass is 269 g/mol. The van der Waals surface area contributed by atoms with Crippen molar-refractivity contribution in [3.8, 4) is 5.75 Å². The fourth-order valence-corrected chi connectivity index (χ4v) is 1.51. The van der Waals surface area contributed by atoms with Crippen LogP contribution in [0.1, 0.15) is 12.5 Å². The van der Waals surface area contributed by atoms with Crippen molar-refractivity contribution in [3.63, 3.8) is 0 Å². The molecule has 0 aliphatic rings. The van der Waals surface area contributed by atoms with Crippen LogP contribution in [0.25, 0.3) is 0 Å². The summed E-state index contributed by atoms with van der Waals surface area (Å²) >= 11 is 0. The molecule has 0 atom stereocenters. The number of carbonyl (C=O) groups excluding carboxylic acids is 1. The predicted octanol–water partition coefficient (Wildman–Crippen LogP) is 1.68. The van der Waals surface area contributed by atoms with Crippen LogP contribution in [0.15, 0.2) is 18.2 Å². The summed E-state index contributed by atoms with van der Waals surface area (Å²) in [6.07, 6.45) is -0.0887. The molecule has 0 N–H and O–H groups in total. The average molecular weight is 269 g/mol. The van der Waals surface area contributed by atoms with E-state index in [0.29, 0.717) is 5.56 Å². The number of nitrogens with zero attached hydrogens (tertiary/aromatic N) is 1. The minimum atomic E-state index is -0.570. The van der Waals surface area contributed by atoms with Crippen molar-refractivity contribution in [3.05, 3.63) is 33.9 Å². The van der Waals surface area contributed by atoms with Gasteiger partial charge in [0.2, 0.25) is 5.75 Å². The van der Waals surface area contributed by atoms with Crippen molar-refractivity contribution in [1.29, 1.82) is 0 Å². The first-order valence-corrected chi connectivity index (χ1v) is 5.63. The predicted molar refractivity (Wildman–Crippen MR) is 65.9 cm³/mol. The van der Waals surface area contributed by atoms with E-state index < -0.39 is 10.9 Å². The molecule has 0 aliphatic heterocycles. The van der Waals surface area contributed by atoms with Gasteiger partial charge in [0.05, 0.1) is 18.0 Å². The number of hydrogen-bond acceptors (Lipinski definition) is 6. The number of esters is 1. The third-order valence-electron chi connectivity index (χ3n) is 2.23. The lowest BCUT2D eigenvalue weighted by atomic mass is 10.1. The Morgan fingerprint density at radius 1 is 1.42 bits per heavy atom. The SMILES string of the molecule is CCOC(=O)Cc1cccc([N+](=O)[O-])c1OCOC. The first-order valence-electron chi connectivity index (χ1n) is 5.63. The Labute approximate surface area is 110 Å². The highest BCUT2D eigenvalue weighted by molar-refractivity contribution is 5.74. The van der Waals surface area contributed by atoms with Gasteiger partial charge in [-0.1, -0.05) is 12.1 Å². The highest BCUT2D eigenvalue weighted by Crippen LogP contribution is 2.31. The molecule has 0 bridgehead atoms. The van der Waals surface area contributed by atoms with Gasteiger partial charge in [0.1, 0.15) is 0 Å². The lowest BCUT2D eigenvalue weighted by Gasteiger charge is -2.10. The van der Waals surface area contributed by atoms with E-state index in [4.69, 9.17) is 14.2 Å². The molecule has 0 heterocycles. The quantitative estimate of drug-likeness (QED) is 0.324. The largest absolute Gasteiger partial charge is 0.466 e. The summed E-state index contributed by atoms with van der Waals surface area (Å²) in [6.45, 7) is 1.80. The first-order chi connectivity index (χ1) is 9.10. The smallest absolute Gasteiger partial charge is 0.311 e. The Bertz CT molecular complexity index is 460. The zero-order chi connectivity index (χ0) is 14.3. The molecule has 0 saturated carbocycles. The number of nitro benzene ring substituents is 1. The summed E-state index contributed by atoms with van der Waals surface area (Å²) in [7, 11) is 1.40. The average Bonchev–Trinajstić information content (AvgIpc) is 2.37. The molecule has 0 aliphatic carbocycles. The second-order valence-corrected chi connectivity index (χ2v) is 3.56. The molecular weight excluding hydrogens is 254 g/mol. The van der Waals surface area contributed by atoms with Crippen LogP contribution in [0.2, 0.25) is 0 Å². The zero-order valence-electron chi connectivity index (χ0n) is 10.8. The van der Waals surface area contributed by atoms with Crippen LogP contribution >= 0.6 is 0 Å². The molecule has 0 unspecified atom stereocenters. The Hall–Kier alpha value is -2.15. The molecule has 1 aromatic carbocycles. The lowest BCUT2D eigenvalue weighted by Crippen LogP contribution is -2.11. The van der Waals surface area contributed by atoms with Crippen LogP contribution in [0.5, 0.6) is 5.75 Å². The Balaban J connectivity index is 3.03. The highest BCUT2D eigenvalue weighted by Gasteiger charge is 2.21. The maximum absolute atomic E-state index is 11.4. The van der Waals surface area contributed by atoms with E-state index in [-0.39, 0.29) is 31.3 Å². The van der Waals surface area contributed by atoms with Gasteiger partial charge in [0.25, 0.3) is 0 Å². The number of para-hydroxylation sites is 1. The maximum atomic E-state index is 11.4. The number of rotatable bonds is 7. The van der Waals surface area contributed by atoms with Gasteiger partial charge in [-0.25, -0.2) is 0 Å². The highest BCUT2D eigenvalue weighted by atomic mass is 16.7. The Morgan fingerprint density at radius 3 is 2.74 bits per heavy atom. The van der Waals surface area contributed by atoms with Crippen molar-refractivity contribution in [2.75, 3.05) is 20.5 Å². The Kier molecular flexibility index (Phi) is 5.74. The second kappa shape index (κ2) is 7.32. The van der Waals surface area contributed by atoms with E-state index in [1.807, 2.05) is 0 Å². The van der Waals surface area contributed by atoms with Gasteiger partial charge in [-0.3, -0.25) is 14.9 Å². The number of carbonyl (C=O) groups is 1. The standard InChI is InChI=1S/C12H15NO6/c1-3-18-11(14)7-9-5-4-6-10(13(15)16)12(9)19-8-17-2/h4-6H,3,7-8H2,1-2H3. The topological polar surface area (TPSA) is 87.9 Å². The summed E-state index contributed by atoms with van der Waals surface area (Å²) in [6, 6.07) is 4.38. The van der Waals surface area contributed by atoms with E-state index in [1.165, 1.54) is 19.2 Å². The van der Waals surface area contributed by atoms with Crippen LogP contribution in [-0.4, -0.2) is 31.4 Å². The van der Waals surface area contributed by atoms with Gasteiger partial charge in [0.15, 0.2) is 6.79 Å². The maximum Gasteiger partial charge on any atom is 0.311 e. The lowest BCUT2D eigenvalue weighted by molar-refractivity contribution is -0.386. The zero-order valence-corrected chi connectivity index (χ0v) is 10.8. The summed E-state index contributed by atoms with van der Waals surface area (Å²) in [5, 5.41) is 10.9. The number of methoxy groups -OCH3 is 1. The fourth-order valence-electron chi connectivity index (χ4n) is 1.51. The normalized spacial score (nSPS) is 10.0. The van der Waals surface area contributed by atoms with Gasteiger partial charge >= 0.3 is 11.7 Å². The molecule has 0 saturated heterocycles. The van der Waals surface area contributed by atoms with Crippen LogP contribution in [-0.2, 0) is 20.7 Å². The molecule has 0 amide bonds. The third-order valence-corrected chi connectivity index (χ3v) is 2.23. The molecule has 0 spiro atoms. The number of ether oxygens (including phenoxy) is 3. The molecule has 0 aromatic heterocycles. The molecule has 0 fully saturated rings. The second-order valence-electron chi connectivity index (χ2n) is 3.56. The van der Waals surface area contributed by atoms with Crippen LogP contribution in [0.3, 0.4) is 0 Å². The fraction of sp³-hybridized carbons (Fsp3) is 0.417. The van der Waals surface area contributed by atoms with E-state index in [9.17, 15) is 14.9 Å². The minimum absolute atomic E-state index is 0.0300. The first kappa shape index (κ1) is 14.9. The molecule has 1 aromatic rings. The molecular formula is C12H15NO6. The Morgan fingerprint density at radius 2 is 2.16 bits per heavy atom. The molecule has 19 heavy (non-hydrogen) atoms. The van der Waals surface area contributed by atoms with Crippen molar-refractivity contribution in [2.24, 2.45) is 0 Å². The van der Waals surface area contributed by atoms with Crippen molar-refractivity contribution >= 4 is 11.7 Å². The van der Waals surface area contributed by atoms with Gasteiger partial charge in [0, 0.05) is 18.7 Å². The molecule has 1 rings (SSSR count). The van der Waals surface area contributed by atoms with Gasteiger partial charge < -0.3 is 14.2 Å². The molecule has 7 heteroatoms. The molecule has 104 valence electrons. The van der Waals surface area contributed by atoms with Gasteiger partial charge in [-0.15, -0.1) is 0 Å². The summed E-state index contributed by atoms with van der Waals surface area (Å²) in [5.41, 5.74) is 0.184. The van der Waals surface area contributed by atoms with Gasteiger partial charge in [-0.05, 0) is 6.92 Å². The number of benzene rings is 1. The van der Waals surface area contributed by atoms with E-state index >= 15 is 0 Å². The summed E-state index contributed by atoms with van der Waals surface area (Å²) < 4.78 is 14.7. The van der Waals surface area contributed by atoms with Crippen molar-refractivity contribution < 1.29 is 23.9 Å². The summed E-state index contributed by atoms with van der Waals surface area (Å²) in [4.78, 5) is 21.8. The van der Waals surface area contributed by atoms with E-state index in [0.717, 1.165) is 0 Å². The molecule has 0 radical (unpaired) electrons. The minimum Gasteiger partial charge on any atom is -0.466 e. The van der Waals surface area contributed by atoms with Crippen LogP contribution in [0, 0.1) is 10.1 Å². The van der Waals surface area contributed by atoms with E-state index in [1.54, 1.807) is 13.0 Å². The van der Waals surface area contributed by atoms with Gasteiger partial charge in [-0.2, -0.15) is 0 Å². The van der Waals surface area contributed by atoms with Crippen LogP contribution < -0.4 is 4.74 Å². The molecule has 7 nitrogen and oxygen atoms in total. The number of nitro groups is 1. The summed E-state index contributed by atoms with van der Waals surface area (Å²) in [5.74, 6) is -0.437. The van der Waals surface area contributed by atoms with E-state index in [2.05, 4.69) is 0 Å². The number of hydrogen-bond donors (Lipinski definition) is 0. The van der Waals surface area contributed by atoms with Crippen molar-refractivity contribution in [1.82, 2.24) is 0 Å². The third kappa shape index (κ3) is 4.22. The van der Waals surface area contributed by atoms with Crippen molar-refractivity contribution in [2.45, 2.75) is 13.3 Å².